The summed E-state index contributed by atoms with van der Waals surface area (Å²) in [4.78, 5) is 32.8. The monoisotopic (exact) mass is 1120 g/mol. The summed E-state index contributed by atoms with van der Waals surface area (Å²) in [6.07, 6.45) is -5.79. The first kappa shape index (κ1) is 55.2. The molecule has 4 saturated heterocycles. The maximum Gasteiger partial charge on any atom is 0.416 e. The van der Waals surface area contributed by atoms with E-state index in [0.717, 1.165) is 34.9 Å². The Kier molecular flexibility index (Phi) is 13.8. The molecule has 0 unspecified atom stereocenters. The molecule has 2 amide bonds. The number of benzene rings is 4. The van der Waals surface area contributed by atoms with Crippen molar-refractivity contribution in [2.24, 2.45) is 14.1 Å². The molecule has 424 valence electrons. The van der Waals surface area contributed by atoms with Crippen molar-refractivity contribution in [1.82, 2.24) is 39.3 Å². The SMILES string of the molecule is C[C@@H](c1cc2c(c(C(F)(F)F)c1)CN(c1cccc(C3(Cc4nncn4C)COC3)c1)C2=O)N1CCC(F)(F)C1.C[C@H](c1cc2c(c(C(F)(F)F)c1)CN(c1cccc(C3(Cc4nncn4C)COC3)c1)C2=O)N1CCC(F)(F)C1. The van der Waals surface area contributed by atoms with Gasteiger partial charge in [0.2, 0.25) is 0 Å². The summed E-state index contributed by atoms with van der Waals surface area (Å²) in [5, 5.41) is 16.2. The van der Waals surface area contributed by atoms with Gasteiger partial charge in [0.1, 0.15) is 24.3 Å². The predicted octanol–water partition coefficient (Wildman–Crippen LogP) is 9.81. The number of amides is 2. The largest absolute Gasteiger partial charge is 0.416 e. The van der Waals surface area contributed by atoms with Crippen molar-refractivity contribution in [3.05, 3.63) is 153 Å². The average molecular weight is 1120 g/mol. The van der Waals surface area contributed by atoms with Crippen molar-refractivity contribution < 1.29 is 63.0 Å². The highest BCUT2D eigenvalue weighted by atomic mass is 19.4. The topological polar surface area (TPSA) is 127 Å². The van der Waals surface area contributed by atoms with E-state index in [9.17, 15) is 53.5 Å². The second kappa shape index (κ2) is 20.0. The third-order valence-corrected chi connectivity index (χ3v) is 16.9. The highest BCUT2D eigenvalue weighted by Gasteiger charge is 2.48. The molecule has 4 fully saturated rings. The van der Waals surface area contributed by atoms with E-state index < -0.39 is 83.1 Å². The summed E-state index contributed by atoms with van der Waals surface area (Å²) in [5.74, 6) is -5.33. The molecule has 24 heteroatoms. The van der Waals surface area contributed by atoms with Crippen LogP contribution in [0.3, 0.4) is 0 Å². The van der Waals surface area contributed by atoms with Gasteiger partial charge < -0.3 is 28.4 Å². The van der Waals surface area contributed by atoms with Crippen LogP contribution < -0.4 is 9.80 Å². The van der Waals surface area contributed by atoms with Crippen molar-refractivity contribution in [2.75, 3.05) is 62.4 Å². The lowest BCUT2D eigenvalue weighted by molar-refractivity contribution is -0.139. The number of aromatic nitrogens is 6. The van der Waals surface area contributed by atoms with Crippen LogP contribution in [0.2, 0.25) is 0 Å². The van der Waals surface area contributed by atoms with Gasteiger partial charge in [0.05, 0.1) is 63.7 Å². The van der Waals surface area contributed by atoms with Crippen molar-refractivity contribution in [1.29, 1.82) is 0 Å². The van der Waals surface area contributed by atoms with Gasteiger partial charge in [-0.05, 0) is 95.8 Å². The van der Waals surface area contributed by atoms with Gasteiger partial charge in [-0.3, -0.25) is 19.4 Å². The number of carbonyl (C=O) groups is 2. The van der Waals surface area contributed by atoms with E-state index in [4.69, 9.17) is 9.47 Å². The number of fused-ring (bicyclic) bond motifs is 2. The number of rotatable bonds is 12. The highest BCUT2D eigenvalue weighted by Crippen LogP contribution is 2.46. The minimum atomic E-state index is -4.71. The first-order chi connectivity index (χ1) is 37.7. The first-order valence-electron chi connectivity index (χ1n) is 26.1. The Labute approximate surface area is 453 Å². The second-order valence-corrected chi connectivity index (χ2v) is 22.2. The summed E-state index contributed by atoms with van der Waals surface area (Å²) in [6, 6.07) is 17.9. The summed E-state index contributed by atoms with van der Waals surface area (Å²) in [7, 11) is 3.70. The Morgan fingerprint density at radius 1 is 0.575 bits per heavy atom. The molecule has 0 radical (unpaired) electrons. The van der Waals surface area contributed by atoms with E-state index in [2.05, 4.69) is 20.4 Å². The molecule has 0 bridgehead atoms. The van der Waals surface area contributed by atoms with Gasteiger partial charge in [-0.1, -0.05) is 24.3 Å². The van der Waals surface area contributed by atoms with Crippen molar-refractivity contribution in [3.63, 3.8) is 0 Å². The normalized spacial score (nSPS) is 21.0. The van der Waals surface area contributed by atoms with Crippen LogP contribution in [0.25, 0.3) is 0 Å². The van der Waals surface area contributed by atoms with Gasteiger partial charge in [0.25, 0.3) is 23.7 Å². The van der Waals surface area contributed by atoms with E-state index in [0.29, 0.717) is 50.6 Å². The smallest absolute Gasteiger partial charge is 0.379 e. The minimum absolute atomic E-state index is 0.0474. The average Bonchev–Trinajstić information content (AvgIpc) is 4.42. The molecule has 0 N–H and O–H groups in total. The molecular formula is C56H56F10N10O4. The van der Waals surface area contributed by atoms with Crippen molar-refractivity contribution >= 4 is 23.2 Å². The molecule has 6 aromatic rings. The fourth-order valence-corrected chi connectivity index (χ4v) is 11.9. The quantitative estimate of drug-likeness (QED) is 0.109. The standard InChI is InChI=1S/2C28H28F5N5O2/c2*1-17(37-7-6-27(29,30)13-37)18-8-21-22(23(9-18)28(31,32)33)12-38(25(21)39)20-5-3-4-19(10-20)26(14-40-15-26)11-24-35-34-16-36(24)2/h2*3-5,8-10,16-17H,6-7,11-15H2,1-2H3/t2*17-/m10/s1. The third-order valence-electron chi connectivity index (χ3n) is 16.9. The highest BCUT2D eigenvalue weighted by molar-refractivity contribution is 6.11. The van der Waals surface area contributed by atoms with Crippen LogP contribution in [0, 0.1) is 0 Å². The lowest BCUT2D eigenvalue weighted by atomic mass is 9.75. The maximum atomic E-state index is 14.2. The molecule has 2 atom stereocenters. The zero-order valence-corrected chi connectivity index (χ0v) is 44.0. The Morgan fingerprint density at radius 3 is 1.26 bits per heavy atom. The van der Waals surface area contributed by atoms with Crippen molar-refractivity contribution in [2.45, 2.75) is 99.7 Å². The molecule has 12 rings (SSSR count). The molecule has 0 aliphatic carbocycles. The first-order valence-corrected chi connectivity index (χ1v) is 26.1. The molecule has 2 aromatic heterocycles. The van der Waals surface area contributed by atoms with Gasteiger partial charge in [0.15, 0.2) is 0 Å². The Hall–Kier alpha value is -6.76. The second-order valence-electron chi connectivity index (χ2n) is 22.2. The number of aryl methyl sites for hydroxylation is 2. The molecule has 6 aliphatic heterocycles. The molecule has 80 heavy (non-hydrogen) atoms. The van der Waals surface area contributed by atoms with Crippen LogP contribution in [0.15, 0.2) is 85.5 Å². The lowest BCUT2D eigenvalue weighted by Crippen LogP contribution is -2.49. The van der Waals surface area contributed by atoms with Crippen LogP contribution >= 0.6 is 0 Å². The summed E-state index contributed by atoms with van der Waals surface area (Å²) in [5.41, 5.74) is 0.214. The van der Waals surface area contributed by atoms with Crippen molar-refractivity contribution in [3.8, 4) is 0 Å². The number of nitrogens with zero attached hydrogens (tertiary/aromatic N) is 10. The summed E-state index contributed by atoms with van der Waals surface area (Å²) in [6.45, 7) is 3.54. The molecule has 4 aromatic carbocycles. The molecular weight excluding hydrogens is 1070 g/mol. The fourth-order valence-electron chi connectivity index (χ4n) is 11.9. The Morgan fingerprint density at radius 2 is 0.963 bits per heavy atom. The molecule has 8 heterocycles. The van der Waals surface area contributed by atoms with Crippen LogP contribution in [0.5, 0.6) is 0 Å². The number of hydrogen-bond donors (Lipinski definition) is 0. The number of alkyl halides is 10. The molecule has 6 aliphatic rings. The minimum Gasteiger partial charge on any atom is -0.379 e. The van der Waals surface area contributed by atoms with E-state index in [1.54, 1.807) is 50.8 Å². The van der Waals surface area contributed by atoms with Gasteiger partial charge in [-0.25, -0.2) is 17.6 Å². The van der Waals surface area contributed by atoms with Crippen LogP contribution in [-0.4, -0.2) is 116 Å². The van der Waals surface area contributed by atoms with E-state index in [-0.39, 0.29) is 72.4 Å². The molecule has 0 saturated carbocycles. The number of ether oxygens (including phenoxy) is 2. The predicted molar refractivity (Wildman–Crippen MR) is 270 cm³/mol. The Balaban J connectivity index is 0.000000169. The third kappa shape index (κ3) is 10.2. The Bertz CT molecular complexity index is 3150. The van der Waals surface area contributed by atoms with E-state index in [1.165, 1.54) is 31.7 Å². The number of carbonyl (C=O) groups excluding carboxylic acids is 2. The van der Waals surface area contributed by atoms with E-state index in [1.807, 2.05) is 47.5 Å². The molecule has 14 nitrogen and oxygen atoms in total. The van der Waals surface area contributed by atoms with Crippen LogP contribution in [0.4, 0.5) is 55.3 Å². The zero-order chi connectivity index (χ0) is 56.9. The zero-order valence-electron chi connectivity index (χ0n) is 44.0. The summed E-state index contributed by atoms with van der Waals surface area (Å²) < 4.78 is 156. The number of likely N-dealkylation sites (tertiary alicyclic amines) is 2. The number of anilines is 2. The van der Waals surface area contributed by atoms with E-state index >= 15 is 0 Å². The number of halogens is 10. The van der Waals surface area contributed by atoms with Gasteiger partial charge in [-0.15, -0.1) is 20.4 Å². The lowest BCUT2D eigenvalue weighted by Gasteiger charge is -2.42. The maximum absolute atomic E-state index is 14.2. The van der Waals surface area contributed by atoms with Gasteiger partial charge in [0, 0.05) is 98.3 Å². The summed E-state index contributed by atoms with van der Waals surface area (Å²) >= 11 is 0. The van der Waals surface area contributed by atoms with Gasteiger partial charge >= 0.3 is 12.4 Å². The van der Waals surface area contributed by atoms with Crippen LogP contribution in [-0.2, 0) is 72.7 Å². The number of hydrogen-bond acceptors (Lipinski definition) is 10. The van der Waals surface area contributed by atoms with Gasteiger partial charge in [-0.2, -0.15) is 26.3 Å². The molecule has 0 spiro atoms. The fraction of sp³-hybridized carbons (Fsp3) is 0.464. The van der Waals surface area contributed by atoms with Crippen LogP contribution in [0.1, 0.15) is 116 Å².